The molecule has 0 N–H and O–H groups in total. The Morgan fingerprint density at radius 3 is 1.72 bits per heavy atom. The standard InChI is InChI=1S/C28H27B/c1-27(2)23-17-10-14-21-15-11-18-24(26(21)23)28(3,4)29(27)25-19-9-8-16-22(25)20-12-6-5-7-13-20/h5-19H,1-4H3. The Hall–Kier alpha value is -2.80. The van der Waals surface area contributed by atoms with Gasteiger partial charge in [0.1, 0.15) is 0 Å². The minimum Gasteiger partial charge on any atom is -0.0705 e. The Balaban J connectivity index is 1.82. The molecule has 4 aromatic carbocycles. The molecule has 142 valence electrons. The summed E-state index contributed by atoms with van der Waals surface area (Å²) in [6.45, 7) is 10.1. The quantitative estimate of drug-likeness (QED) is 0.349. The van der Waals surface area contributed by atoms with Gasteiger partial charge in [-0.15, -0.1) is 0 Å². The normalized spacial score (nSPS) is 16.8. The molecule has 0 aliphatic carbocycles. The predicted molar refractivity (Wildman–Crippen MR) is 127 cm³/mol. The largest absolute Gasteiger partial charge is 0.197 e. The Kier molecular flexibility index (Phi) is 4.00. The zero-order valence-electron chi connectivity index (χ0n) is 17.7. The van der Waals surface area contributed by atoms with Crippen molar-refractivity contribution in [2.24, 2.45) is 0 Å². The maximum Gasteiger partial charge on any atom is 0.197 e. The molecule has 0 nitrogen and oxygen atoms in total. The van der Waals surface area contributed by atoms with Gasteiger partial charge in [-0.05, 0) is 43.7 Å². The van der Waals surface area contributed by atoms with Crippen molar-refractivity contribution in [1.29, 1.82) is 0 Å². The lowest BCUT2D eigenvalue weighted by atomic mass is 9.17. The molecule has 0 fully saturated rings. The van der Waals surface area contributed by atoms with E-state index < -0.39 is 0 Å². The monoisotopic (exact) mass is 374 g/mol. The number of benzene rings is 4. The molecule has 0 aromatic heterocycles. The van der Waals surface area contributed by atoms with Gasteiger partial charge >= 0.3 is 0 Å². The van der Waals surface area contributed by atoms with E-state index in [4.69, 9.17) is 0 Å². The van der Waals surface area contributed by atoms with Gasteiger partial charge in [0.15, 0.2) is 6.71 Å². The average molecular weight is 374 g/mol. The van der Waals surface area contributed by atoms with Crippen molar-refractivity contribution in [3.63, 3.8) is 0 Å². The zero-order chi connectivity index (χ0) is 20.2. The minimum atomic E-state index is 0.0161. The first-order valence-electron chi connectivity index (χ1n) is 10.6. The van der Waals surface area contributed by atoms with Gasteiger partial charge in [-0.25, -0.2) is 0 Å². The lowest BCUT2D eigenvalue weighted by Gasteiger charge is -2.49. The van der Waals surface area contributed by atoms with Gasteiger partial charge in [-0.3, -0.25) is 0 Å². The highest BCUT2D eigenvalue weighted by Gasteiger charge is 2.51. The van der Waals surface area contributed by atoms with Crippen LogP contribution in [-0.4, -0.2) is 6.71 Å². The van der Waals surface area contributed by atoms with E-state index in [0.29, 0.717) is 6.71 Å². The van der Waals surface area contributed by atoms with Crippen molar-refractivity contribution in [2.75, 3.05) is 0 Å². The van der Waals surface area contributed by atoms with Gasteiger partial charge in [0.25, 0.3) is 0 Å². The third-order valence-electron chi connectivity index (χ3n) is 7.09. The summed E-state index contributed by atoms with van der Waals surface area (Å²) in [5.74, 6) is 0. The lowest BCUT2D eigenvalue weighted by Crippen LogP contribution is -2.61. The highest BCUT2D eigenvalue weighted by atomic mass is 14.4. The fourth-order valence-electron chi connectivity index (χ4n) is 6.03. The van der Waals surface area contributed by atoms with Gasteiger partial charge in [0.2, 0.25) is 0 Å². The molecule has 1 heteroatoms. The van der Waals surface area contributed by atoms with Crippen molar-refractivity contribution in [3.8, 4) is 11.1 Å². The number of rotatable bonds is 2. The summed E-state index contributed by atoms with van der Waals surface area (Å²) in [4.78, 5) is 0. The van der Waals surface area contributed by atoms with Gasteiger partial charge in [-0.1, -0.05) is 124 Å². The molecular formula is C28H27B. The highest BCUT2D eigenvalue weighted by Crippen LogP contribution is 2.48. The maximum absolute atomic E-state index is 2.44. The fourth-order valence-corrected chi connectivity index (χ4v) is 6.03. The van der Waals surface area contributed by atoms with Gasteiger partial charge in [-0.2, -0.15) is 0 Å². The molecule has 0 atom stereocenters. The van der Waals surface area contributed by atoms with E-state index in [0.717, 1.165) is 0 Å². The first kappa shape index (κ1) is 18.2. The van der Waals surface area contributed by atoms with Gasteiger partial charge < -0.3 is 0 Å². The minimum absolute atomic E-state index is 0.0161. The van der Waals surface area contributed by atoms with Crippen LogP contribution in [0, 0.1) is 0 Å². The first-order chi connectivity index (χ1) is 13.9. The SMILES string of the molecule is CC1(C)B(c2ccccc2-c2ccccc2)C(C)(C)c2cccc3cccc1c23. The molecular weight excluding hydrogens is 347 g/mol. The second-order valence-electron chi connectivity index (χ2n) is 9.54. The predicted octanol–water partition coefficient (Wildman–Crippen LogP) is 6.56. The summed E-state index contributed by atoms with van der Waals surface area (Å²) in [5, 5.41) is 2.85. The molecule has 1 aliphatic rings. The van der Waals surface area contributed by atoms with E-state index in [9.17, 15) is 0 Å². The summed E-state index contributed by atoms with van der Waals surface area (Å²) >= 11 is 0. The Bertz CT molecular complexity index is 1150. The van der Waals surface area contributed by atoms with Crippen molar-refractivity contribution in [3.05, 3.63) is 102 Å². The molecule has 5 rings (SSSR count). The fraction of sp³-hybridized carbons (Fsp3) is 0.214. The molecule has 0 radical (unpaired) electrons. The van der Waals surface area contributed by atoms with Gasteiger partial charge in [0.05, 0.1) is 0 Å². The zero-order valence-corrected chi connectivity index (χ0v) is 17.7. The second-order valence-corrected chi connectivity index (χ2v) is 9.54. The Morgan fingerprint density at radius 2 is 1.10 bits per heavy atom. The van der Waals surface area contributed by atoms with E-state index in [1.807, 2.05) is 0 Å². The van der Waals surface area contributed by atoms with E-state index in [1.165, 1.54) is 38.5 Å². The third-order valence-corrected chi connectivity index (χ3v) is 7.09. The number of hydrogen-bond acceptors (Lipinski definition) is 0. The van der Waals surface area contributed by atoms with Gasteiger partial charge in [0, 0.05) is 0 Å². The molecule has 0 bridgehead atoms. The van der Waals surface area contributed by atoms with Crippen LogP contribution >= 0.6 is 0 Å². The summed E-state index contributed by atoms with van der Waals surface area (Å²) in [6, 6.07) is 33.5. The topological polar surface area (TPSA) is 0 Å². The van der Waals surface area contributed by atoms with Crippen LogP contribution in [0.15, 0.2) is 91.0 Å². The molecule has 4 aromatic rings. The lowest BCUT2D eigenvalue weighted by molar-refractivity contribution is 0.636. The molecule has 0 saturated carbocycles. The summed E-state index contributed by atoms with van der Waals surface area (Å²) in [6.07, 6.45) is 0. The molecule has 0 amide bonds. The third kappa shape index (κ3) is 2.60. The van der Waals surface area contributed by atoms with Crippen LogP contribution in [0.2, 0.25) is 0 Å². The average Bonchev–Trinajstić information content (AvgIpc) is 2.73. The second kappa shape index (κ2) is 6.35. The molecule has 1 aliphatic heterocycles. The van der Waals surface area contributed by atoms with Crippen molar-refractivity contribution in [2.45, 2.75) is 38.3 Å². The van der Waals surface area contributed by atoms with E-state index in [1.54, 1.807) is 0 Å². The van der Waals surface area contributed by atoms with Crippen LogP contribution in [0.3, 0.4) is 0 Å². The first-order valence-corrected chi connectivity index (χ1v) is 10.6. The van der Waals surface area contributed by atoms with Crippen LogP contribution in [0.25, 0.3) is 21.9 Å². The molecule has 1 heterocycles. The van der Waals surface area contributed by atoms with Crippen LogP contribution < -0.4 is 5.46 Å². The Morgan fingerprint density at radius 1 is 0.552 bits per heavy atom. The molecule has 0 unspecified atom stereocenters. The molecule has 0 saturated heterocycles. The van der Waals surface area contributed by atoms with Crippen molar-refractivity contribution in [1.82, 2.24) is 0 Å². The van der Waals surface area contributed by atoms with E-state index in [2.05, 4.69) is 119 Å². The van der Waals surface area contributed by atoms with E-state index in [-0.39, 0.29) is 10.6 Å². The van der Waals surface area contributed by atoms with Crippen LogP contribution in [-0.2, 0) is 10.6 Å². The van der Waals surface area contributed by atoms with Crippen molar-refractivity contribution < 1.29 is 0 Å². The summed E-state index contributed by atoms with van der Waals surface area (Å²) in [5.41, 5.74) is 7.04. The highest BCUT2D eigenvalue weighted by molar-refractivity contribution is 6.80. The smallest absolute Gasteiger partial charge is 0.0705 e. The van der Waals surface area contributed by atoms with Crippen LogP contribution in [0.1, 0.15) is 38.8 Å². The molecule has 0 spiro atoms. The van der Waals surface area contributed by atoms with Crippen LogP contribution in [0.4, 0.5) is 0 Å². The molecule has 29 heavy (non-hydrogen) atoms. The maximum atomic E-state index is 2.44. The van der Waals surface area contributed by atoms with Crippen molar-refractivity contribution >= 4 is 22.9 Å². The van der Waals surface area contributed by atoms with E-state index >= 15 is 0 Å². The van der Waals surface area contributed by atoms with Crippen LogP contribution in [0.5, 0.6) is 0 Å². The summed E-state index contributed by atoms with van der Waals surface area (Å²) < 4.78 is 0. The number of hydrogen-bond donors (Lipinski definition) is 0. The Labute approximate surface area is 174 Å². The summed E-state index contributed by atoms with van der Waals surface area (Å²) in [7, 11) is 0.